The number of rotatable bonds is 4. The van der Waals surface area contributed by atoms with Crippen LogP contribution in [0.5, 0.6) is 0 Å². The molecule has 0 aromatic carbocycles. The number of nitrogens with zero attached hydrogens (tertiary/aromatic N) is 1. The van der Waals surface area contributed by atoms with Crippen LogP contribution < -0.4 is 5.73 Å². The van der Waals surface area contributed by atoms with Gasteiger partial charge in [-0.25, -0.2) is 0 Å². The Balaban J connectivity index is 1.75. The lowest BCUT2D eigenvalue weighted by Crippen LogP contribution is -2.52. The van der Waals surface area contributed by atoms with Crippen molar-refractivity contribution in [2.24, 2.45) is 5.73 Å². The van der Waals surface area contributed by atoms with Gasteiger partial charge in [0.1, 0.15) is 5.69 Å². The highest BCUT2D eigenvalue weighted by Crippen LogP contribution is 2.41. The van der Waals surface area contributed by atoms with Crippen LogP contribution in [0.1, 0.15) is 54.1 Å². The van der Waals surface area contributed by atoms with Crippen molar-refractivity contribution in [3.8, 4) is 0 Å². The smallest absolute Gasteiger partial charge is 0.270 e. The Kier molecular flexibility index (Phi) is 3.49. The number of hydrogen-bond acceptors (Lipinski definition) is 3. The highest BCUT2D eigenvalue weighted by molar-refractivity contribution is 5.94. The first-order chi connectivity index (χ1) is 9.98. The molecular formula is C15H21N3O3. The Morgan fingerprint density at radius 3 is 2.90 bits per heavy atom. The van der Waals surface area contributed by atoms with Gasteiger partial charge < -0.3 is 20.7 Å². The fourth-order valence-electron chi connectivity index (χ4n) is 3.21. The topological polar surface area (TPSA) is 99.4 Å². The first kappa shape index (κ1) is 14.1. The number of primary amides is 1. The monoisotopic (exact) mass is 291 g/mol. The molecule has 2 amide bonds. The molecule has 2 heterocycles. The van der Waals surface area contributed by atoms with E-state index >= 15 is 0 Å². The lowest BCUT2D eigenvalue weighted by atomic mass is 9.89. The van der Waals surface area contributed by atoms with Crippen molar-refractivity contribution >= 4 is 11.8 Å². The van der Waals surface area contributed by atoms with E-state index in [0.29, 0.717) is 31.0 Å². The number of nitrogens with two attached hydrogens (primary N) is 1. The van der Waals surface area contributed by atoms with E-state index in [-0.39, 0.29) is 18.9 Å². The van der Waals surface area contributed by atoms with Gasteiger partial charge in [0, 0.05) is 12.7 Å². The predicted octanol–water partition coefficient (Wildman–Crippen LogP) is 0.735. The molecule has 114 valence electrons. The van der Waals surface area contributed by atoms with Gasteiger partial charge in [0.05, 0.1) is 18.6 Å². The first-order valence-corrected chi connectivity index (χ1v) is 7.46. The average molecular weight is 291 g/mol. The molecule has 3 rings (SSSR count). The van der Waals surface area contributed by atoms with Crippen molar-refractivity contribution < 1.29 is 14.7 Å². The molecule has 0 radical (unpaired) electrons. The molecule has 0 bridgehead atoms. The Hall–Kier alpha value is -1.82. The lowest BCUT2D eigenvalue weighted by molar-refractivity contribution is -0.125. The summed E-state index contributed by atoms with van der Waals surface area (Å²) in [5.74, 6) is -0.140. The first-order valence-electron chi connectivity index (χ1n) is 7.46. The van der Waals surface area contributed by atoms with Crippen molar-refractivity contribution in [1.82, 2.24) is 9.88 Å². The number of nitrogens with one attached hydrogen (secondary N) is 1. The highest BCUT2D eigenvalue weighted by atomic mass is 16.3. The van der Waals surface area contributed by atoms with Crippen LogP contribution in [0.15, 0.2) is 12.3 Å². The van der Waals surface area contributed by atoms with E-state index in [1.807, 2.05) is 6.07 Å². The molecule has 0 spiro atoms. The summed E-state index contributed by atoms with van der Waals surface area (Å²) >= 11 is 0. The zero-order valence-electron chi connectivity index (χ0n) is 12.0. The number of H-pyrrole nitrogens is 1. The molecule has 4 N–H and O–H groups in total. The summed E-state index contributed by atoms with van der Waals surface area (Å²) in [7, 11) is 0. The van der Waals surface area contributed by atoms with Crippen molar-refractivity contribution in [3.05, 3.63) is 23.5 Å². The molecule has 1 saturated heterocycles. The van der Waals surface area contributed by atoms with E-state index in [4.69, 9.17) is 5.73 Å². The molecule has 1 aromatic rings. The SMILES string of the molecule is NC(=O)CC1(O)CCCN(C(=O)c2[nH]ccc2C2CC2)C1. The zero-order valence-corrected chi connectivity index (χ0v) is 12.0. The molecule has 6 heteroatoms. The summed E-state index contributed by atoms with van der Waals surface area (Å²) in [5.41, 5.74) is 5.70. The molecular weight excluding hydrogens is 270 g/mol. The van der Waals surface area contributed by atoms with Crippen LogP contribution in [0.25, 0.3) is 0 Å². The minimum Gasteiger partial charge on any atom is -0.388 e. The Bertz CT molecular complexity index is 564. The number of likely N-dealkylation sites (tertiary alicyclic amines) is 1. The third kappa shape index (κ3) is 2.95. The van der Waals surface area contributed by atoms with E-state index in [1.54, 1.807) is 11.1 Å². The number of hydrogen-bond donors (Lipinski definition) is 3. The van der Waals surface area contributed by atoms with Crippen molar-refractivity contribution in [3.63, 3.8) is 0 Å². The van der Waals surface area contributed by atoms with Gasteiger partial charge >= 0.3 is 0 Å². The van der Waals surface area contributed by atoms with E-state index < -0.39 is 11.5 Å². The molecule has 2 aliphatic rings. The standard InChI is InChI=1S/C15H21N3O3/c16-12(19)8-15(21)5-1-7-18(9-15)14(20)13-11(4-6-17-13)10-2-3-10/h4,6,10,17,21H,1-3,5,7-9H2,(H2,16,19). The Morgan fingerprint density at radius 2 is 2.24 bits per heavy atom. The van der Waals surface area contributed by atoms with Gasteiger partial charge in [0.15, 0.2) is 0 Å². The number of piperidine rings is 1. The summed E-state index contributed by atoms with van der Waals surface area (Å²) < 4.78 is 0. The molecule has 1 aliphatic heterocycles. The number of β-amino-alcohol motifs (C(OH)–C–C–N with tert-alkyl or cyclic N) is 1. The number of carbonyl (C=O) groups is 2. The lowest BCUT2D eigenvalue weighted by Gasteiger charge is -2.38. The molecule has 1 aliphatic carbocycles. The van der Waals surface area contributed by atoms with Crippen molar-refractivity contribution in [1.29, 1.82) is 0 Å². The third-order valence-corrected chi connectivity index (χ3v) is 4.36. The van der Waals surface area contributed by atoms with E-state index in [1.165, 1.54) is 0 Å². The second-order valence-corrected chi connectivity index (χ2v) is 6.28. The maximum Gasteiger partial charge on any atom is 0.270 e. The Labute approximate surface area is 123 Å². The predicted molar refractivity (Wildman–Crippen MR) is 76.7 cm³/mol. The molecule has 1 saturated carbocycles. The van der Waals surface area contributed by atoms with Gasteiger partial charge in [-0.2, -0.15) is 0 Å². The fourth-order valence-corrected chi connectivity index (χ4v) is 3.21. The third-order valence-electron chi connectivity index (χ3n) is 4.36. The Morgan fingerprint density at radius 1 is 1.48 bits per heavy atom. The second kappa shape index (κ2) is 5.18. The maximum absolute atomic E-state index is 12.7. The number of carbonyl (C=O) groups excluding carboxylic acids is 2. The quantitative estimate of drug-likeness (QED) is 0.762. The van der Waals surface area contributed by atoms with E-state index in [0.717, 1.165) is 18.4 Å². The summed E-state index contributed by atoms with van der Waals surface area (Å²) in [5, 5.41) is 10.4. The van der Waals surface area contributed by atoms with Gasteiger partial charge in [-0.1, -0.05) is 0 Å². The van der Waals surface area contributed by atoms with Gasteiger partial charge in [-0.05, 0) is 43.2 Å². The van der Waals surface area contributed by atoms with Crippen molar-refractivity contribution in [2.75, 3.05) is 13.1 Å². The molecule has 1 aromatic heterocycles. The molecule has 1 atom stereocenters. The fraction of sp³-hybridized carbons (Fsp3) is 0.600. The van der Waals surface area contributed by atoms with Gasteiger partial charge in [0.2, 0.25) is 5.91 Å². The number of aromatic amines is 1. The minimum absolute atomic E-state index is 0.0931. The largest absolute Gasteiger partial charge is 0.388 e. The highest BCUT2D eigenvalue weighted by Gasteiger charge is 2.38. The average Bonchev–Trinajstić information content (AvgIpc) is 3.14. The molecule has 21 heavy (non-hydrogen) atoms. The van der Waals surface area contributed by atoms with Crippen LogP contribution in [-0.2, 0) is 4.79 Å². The van der Waals surface area contributed by atoms with Crippen LogP contribution in [0.2, 0.25) is 0 Å². The van der Waals surface area contributed by atoms with Crippen LogP contribution in [0.4, 0.5) is 0 Å². The minimum atomic E-state index is -1.19. The summed E-state index contributed by atoms with van der Waals surface area (Å²) in [4.78, 5) is 28.4. The normalized spacial score (nSPS) is 25.9. The van der Waals surface area contributed by atoms with Crippen LogP contribution in [0, 0.1) is 0 Å². The summed E-state index contributed by atoms with van der Waals surface area (Å²) in [6.45, 7) is 0.765. The maximum atomic E-state index is 12.7. The number of aliphatic hydroxyl groups is 1. The van der Waals surface area contributed by atoms with Gasteiger partial charge in [-0.3, -0.25) is 9.59 Å². The van der Waals surface area contributed by atoms with Crippen molar-refractivity contribution in [2.45, 2.75) is 43.6 Å². The zero-order chi connectivity index (χ0) is 15.0. The van der Waals surface area contributed by atoms with Crippen LogP contribution >= 0.6 is 0 Å². The number of amides is 2. The van der Waals surface area contributed by atoms with Gasteiger partial charge in [-0.15, -0.1) is 0 Å². The van der Waals surface area contributed by atoms with E-state index in [2.05, 4.69) is 4.98 Å². The number of aromatic nitrogens is 1. The summed E-state index contributed by atoms with van der Waals surface area (Å²) in [6, 6.07) is 1.96. The molecule has 2 fully saturated rings. The molecule has 6 nitrogen and oxygen atoms in total. The van der Waals surface area contributed by atoms with Crippen LogP contribution in [-0.4, -0.2) is 45.5 Å². The van der Waals surface area contributed by atoms with Crippen LogP contribution in [0.3, 0.4) is 0 Å². The van der Waals surface area contributed by atoms with Gasteiger partial charge in [0.25, 0.3) is 5.91 Å². The van der Waals surface area contributed by atoms with E-state index in [9.17, 15) is 14.7 Å². The summed E-state index contributed by atoms with van der Waals surface area (Å²) in [6.07, 6.45) is 5.12. The molecule has 1 unspecified atom stereocenters. The second-order valence-electron chi connectivity index (χ2n) is 6.28.